The Hall–Kier alpha value is -7.56. The maximum atomic E-state index is 9.70. The van der Waals surface area contributed by atoms with Crippen LogP contribution in [0.15, 0.2) is 205 Å². The standard InChI is InChI=1S/C79H82BN3/c1-51-39-41-66-70(43-51)82(75-62(52-27-15-11-16-28-52)44-56(77(2,3)4)45-63(75)53-29-17-12-18-30-53)72-48-58(79(8,9)10)49-73-74(72)80(66)67-42-40-59(81-68-37-25-23-35-60(68)61-36-24-26-38-69(61)81)50-71(67)83(73)76-64(54-31-19-13-20-32-54)46-57(78(5,6)7)47-65(76)55-33-21-14-22-34-55/h11,13-15,19-26,29,31-44,46-50,52,56,63,75H,12,16-18,27-28,30,45H2,1-10H3/i1D3,23D,24D,25D,26D,35D,36D,37D,38D. The number of aryl methyl sites for hydroxylation is 1. The van der Waals surface area contributed by atoms with Crippen molar-refractivity contribution >= 4 is 73.3 Å². The van der Waals surface area contributed by atoms with Crippen molar-refractivity contribution in [2.24, 2.45) is 23.2 Å². The summed E-state index contributed by atoms with van der Waals surface area (Å²) in [6.45, 7) is 17.8. The maximum absolute atomic E-state index is 9.70. The second-order valence-corrected chi connectivity index (χ2v) is 27.5. The minimum atomic E-state index is -2.44. The molecule has 2 aliphatic heterocycles. The smallest absolute Gasteiger partial charge is 0.252 e. The Morgan fingerprint density at radius 2 is 1.23 bits per heavy atom. The van der Waals surface area contributed by atoms with Gasteiger partial charge in [0.25, 0.3) is 6.71 Å². The molecule has 0 saturated heterocycles. The monoisotopic (exact) mass is 1090 g/mol. The molecule has 83 heavy (non-hydrogen) atoms. The molecule has 3 aliphatic carbocycles. The van der Waals surface area contributed by atoms with Crippen molar-refractivity contribution in [3.63, 3.8) is 0 Å². The molecule has 8 aromatic carbocycles. The number of aromatic nitrogens is 1. The highest BCUT2D eigenvalue weighted by Gasteiger charge is 2.50. The number of para-hydroxylation sites is 2. The molecule has 3 nitrogen and oxygen atoms in total. The topological polar surface area (TPSA) is 11.4 Å². The van der Waals surface area contributed by atoms with E-state index in [4.69, 9.17) is 9.60 Å². The number of anilines is 5. The summed E-state index contributed by atoms with van der Waals surface area (Å²) in [7, 11) is 0. The van der Waals surface area contributed by atoms with Crippen LogP contribution in [0, 0.1) is 30.0 Å². The summed E-state index contributed by atoms with van der Waals surface area (Å²) in [4.78, 5) is 5.09. The highest BCUT2D eigenvalue weighted by atomic mass is 15.2. The maximum Gasteiger partial charge on any atom is 0.252 e. The summed E-state index contributed by atoms with van der Waals surface area (Å²) < 4.78 is 104. The molecule has 416 valence electrons. The van der Waals surface area contributed by atoms with Crippen molar-refractivity contribution in [2.75, 3.05) is 9.80 Å². The third-order valence-electron chi connectivity index (χ3n) is 19.2. The van der Waals surface area contributed by atoms with Crippen LogP contribution in [0.1, 0.15) is 145 Å². The van der Waals surface area contributed by atoms with Gasteiger partial charge in [0.05, 0.1) is 33.7 Å². The Morgan fingerprint density at radius 3 is 1.83 bits per heavy atom. The molecule has 4 atom stereocenters. The molecule has 0 bridgehead atoms. The van der Waals surface area contributed by atoms with E-state index < -0.39 is 55.2 Å². The average molecular weight is 1100 g/mol. The fourth-order valence-corrected chi connectivity index (χ4v) is 14.8. The molecule has 5 aliphatic rings. The van der Waals surface area contributed by atoms with Gasteiger partial charge in [-0.05, 0) is 191 Å². The van der Waals surface area contributed by atoms with Gasteiger partial charge >= 0.3 is 0 Å². The molecule has 4 heteroatoms. The van der Waals surface area contributed by atoms with Gasteiger partial charge in [-0.25, -0.2) is 0 Å². The Bertz CT molecular complexity index is 4560. The minimum Gasteiger partial charge on any atom is -0.334 e. The number of nitrogens with zero attached hydrogens (tertiary/aromatic N) is 3. The molecule has 4 unspecified atom stereocenters. The van der Waals surface area contributed by atoms with E-state index in [1.54, 1.807) is 4.57 Å². The van der Waals surface area contributed by atoms with Gasteiger partial charge < -0.3 is 14.4 Å². The summed E-state index contributed by atoms with van der Waals surface area (Å²) in [6.07, 6.45) is 18.1. The van der Waals surface area contributed by atoms with E-state index >= 15 is 0 Å². The van der Waals surface area contributed by atoms with E-state index in [0.29, 0.717) is 5.69 Å². The molecule has 0 N–H and O–H groups in total. The molecule has 9 aromatic rings. The largest absolute Gasteiger partial charge is 0.334 e. The summed E-state index contributed by atoms with van der Waals surface area (Å²) in [6, 6.07) is 38.9. The molecule has 0 radical (unpaired) electrons. The van der Waals surface area contributed by atoms with Crippen LogP contribution < -0.4 is 26.2 Å². The number of benzene rings is 8. The molecule has 0 spiro atoms. The third kappa shape index (κ3) is 9.17. The first-order chi connectivity index (χ1) is 44.5. The quantitative estimate of drug-likeness (QED) is 0.116. The normalized spacial score (nSPS) is 21.8. The summed E-state index contributed by atoms with van der Waals surface area (Å²) in [5, 5.41) is 0.0106. The first-order valence-corrected chi connectivity index (χ1v) is 30.5. The van der Waals surface area contributed by atoms with Gasteiger partial charge in [-0.2, -0.15) is 0 Å². The second kappa shape index (κ2) is 20.4. The number of rotatable bonds is 7. The van der Waals surface area contributed by atoms with E-state index in [1.807, 2.05) is 30.3 Å². The van der Waals surface area contributed by atoms with Crippen LogP contribution in [0.4, 0.5) is 28.4 Å². The van der Waals surface area contributed by atoms with E-state index in [2.05, 4.69) is 187 Å². The summed E-state index contributed by atoms with van der Waals surface area (Å²) in [5.41, 5.74) is 16.5. The Kier molecular flexibility index (Phi) is 10.4. The van der Waals surface area contributed by atoms with Crippen molar-refractivity contribution in [1.82, 2.24) is 4.57 Å². The van der Waals surface area contributed by atoms with Crippen LogP contribution in [-0.2, 0) is 10.8 Å². The van der Waals surface area contributed by atoms with Gasteiger partial charge in [-0.15, -0.1) is 0 Å². The van der Waals surface area contributed by atoms with Crippen LogP contribution >= 0.6 is 0 Å². The molecule has 1 aromatic heterocycles. The Labute approximate surface area is 511 Å². The van der Waals surface area contributed by atoms with Gasteiger partial charge in [0, 0.05) is 60.4 Å². The number of hydrogen-bond acceptors (Lipinski definition) is 2. The highest BCUT2D eigenvalue weighted by molar-refractivity contribution is 7.00. The molecular weight excluding hydrogens is 1000 g/mol. The lowest BCUT2D eigenvalue weighted by atomic mass is 9.33. The lowest BCUT2D eigenvalue weighted by Gasteiger charge is -2.53. The number of fused-ring (bicyclic) bond motifs is 7. The fraction of sp³-hybridized carbons (Fsp3) is 0.316. The summed E-state index contributed by atoms with van der Waals surface area (Å²) in [5.74, 6) is 0.644. The Balaban J connectivity index is 1.18. The van der Waals surface area contributed by atoms with Crippen LogP contribution in [0.25, 0.3) is 49.7 Å². The van der Waals surface area contributed by atoms with Crippen LogP contribution in [0.3, 0.4) is 0 Å². The van der Waals surface area contributed by atoms with Gasteiger partial charge in [0.15, 0.2) is 0 Å². The van der Waals surface area contributed by atoms with Gasteiger partial charge in [0.2, 0.25) is 0 Å². The molecule has 14 rings (SSSR count). The van der Waals surface area contributed by atoms with E-state index in [9.17, 15) is 5.48 Å². The third-order valence-corrected chi connectivity index (χ3v) is 19.2. The predicted octanol–water partition coefficient (Wildman–Crippen LogP) is 19.6. The molecule has 0 saturated carbocycles. The van der Waals surface area contributed by atoms with Gasteiger partial charge in [-0.1, -0.05) is 207 Å². The second-order valence-electron chi connectivity index (χ2n) is 27.5. The lowest BCUT2D eigenvalue weighted by molar-refractivity contribution is 0.220. The Morgan fingerprint density at radius 1 is 0.602 bits per heavy atom. The van der Waals surface area contributed by atoms with Crippen LogP contribution in [0.2, 0.25) is 0 Å². The fourth-order valence-electron chi connectivity index (χ4n) is 14.8. The van der Waals surface area contributed by atoms with E-state index in [0.717, 1.165) is 130 Å². The number of allylic oxidation sites excluding steroid dienone is 4. The molecule has 0 fully saturated rings. The first kappa shape index (κ1) is 42.3. The zero-order valence-corrected chi connectivity index (χ0v) is 49.7. The lowest BCUT2D eigenvalue weighted by Crippen LogP contribution is -2.64. The van der Waals surface area contributed by atoms with Gasteiger partial charge in [0.1, 0.15) is 0 Å². The van der Waals surface area contributed by atoms with Crippen molar-refractivity contribution < 1.29 is 15.1 Å². The molecule has 0 amide bonds. The van der Waals surface area contributed by atoms with Crippen LogP contribution in [-0.4, -0.2) is 17.3 Å². The van der Waals surface area contributed by atoms with Gasteiger partial charge in [-0.3, -0.25) is 0 Å². The van der Waals surface area contributed by atoms with E-state index in [-0.39, 0.29) is 74.1 Å². The molecular formula is C79H82BN3. The molecule has 3 heterocycles. The zero-order valence-electron chi connectivity index (χ0n) is 60.7. The average Bonchev–Trinajstić information content (AvgIpc) is 0.871. The predicted molar refractivity (Wildman–Crippen MR) is 358 cm³/mol. The van der Waals surface area contributed by atoms with E-state index in [1.165, 1.54) is 11.1 Å². The van der Waals surface area contributed by atoms with Crippen LogP contribution in [0.5, 0.6) is 0 Å². The zero-order chi connectivity index (χ0) is 66.6. The van der Waals surface area contributed by atoms with Crippen molar-refractivity contribution in [2.45, 2.75) is 137 Å². The minimum absolute atomic E-state index is 0.00531. The SMILES string of the molecule is [2H]c1c([2H])c([2H])c2c(c1[2H])c1c([2H])c([2H])c([2H])c([2H])c1n2-c1ccc2c(c1)N(c1c(-c3ccccc3)cc(C(C)(C)C)cc1-c1ccccc1)c1cc(C(C)(C)C)cc3c1B2c1ccc(C([2H])([2H])[2H])cc1N3C1C(C2CC=CCC2)=CC(C(C)(C)C)CC1C1=CCCCC1. The van der Waals surface area contributed by atoms with Crippen molar-refractivity contribution in [3.05, 3.63) is 222 Å². The van der Waals surface area contributed by atoms with Crippen molar-refractivity contribution in [1.29, 1.82) is 0 Å². The summed E-state index contributed by atoms with van der Waals surface area (Å²) >= 11 is 0. The highest BCUT2D eigenvalue weighted by Crippen LogP contribution is 2.55. The first-order valence-electron chi connectivity index (χ1n) is 36.0. The number of hydrogen-bond donors (Lipinski definition) is 0. The van der Waals surface area contributed by atoms with Crippen molar-refractivity contribution in [3.8, 4) is 27.9 Å².